The third-order valence-corrected chi connectivity index (χ3v) is 3.18. The molecule has 14 heavy (non-hydrogen) atoms. The quantitative estimate of drug-likeness (QED) is 0.729. The molecular weight excluding hydrogens is 201 g/mol. The summed E-state index contributed by atoms with van der Waals surface area (Å²) in [5.41, 5.74) is 1.02. The third-order valence-electron chi connectivity index (χ3n) is 2.85. The van der Waals surface area contributed by atoms with E-state index >= 15 is 0 Å². The van der Waals surface area contributed by atoms with Crippen LogP contribution in [0.2, 0.25) is 5.02 Å². The Morgan fingerprint density at radius 3 is 2.64 bits per heavy atom. The van der Waals surface area contributed by atoms with Crippen LogP contribution in [-0.4, -0.2) is 18.0 Å². The van der Waals surface area contributed by atoms with Gasteiger partial charge in [0, 0.05) is 11.1 Å². The molecule has 0 spiro atoms. The van der Waals surface area contributed by atoms with Crippen molar-refractivity contribution in [3.63, 3.8) is 0 Å². The molecule has 1 aromatic rings. The minimum atomic E-state index is -0.269. The van der Waals surface area contributed by atoms with E-state index in [4.69, 9.17) is 11.6 Å². The minimum absolute atomic E-state index is 0.269. The molecule has 1 aromatic carbocycles. The van der Waals surface area contributed by atoms with Crippen molar-refractivity contribution >= 4 is 11.6 Å². The molecule has 0 bridgehead atoms. The molecular formula is C11H13ClFN. The first-order valence-electron chi connectivity index (χ1n) is 4.87. The molecule has 1 atom stereocenters. The van der Waals surface area contributed by atoms with Crippen molar-refractivity contribution in [1.29, 1.82) is 0 Å². The van der Waals surface area contributed by atoms with Gasteiger partial charge in [0.1, 0.15) is 5.82 Å². The van der Waals surface area contributed by atoms with Gasteiger partial charge < -0.3 is 0 Å². The van der Waals surface area contributed by atoms with E-state index in [1.165, 1.54) is 18.6 Å². The summed E-state index contributed by atoms with van der Waals surface area (Å²) in [4.78, 5) is 2.33. The lowest BCUT2D eigenvalue weighted by Gasteiger charge is -2.37. The van der Waals surface area contributed by atoms with Crippen molar-refractivity contribution in [2.24, 2.45) is 0 Å². The third kappa shape index (κ3) is 1.77. The lowest BCUT2D eigenvalue weighted by molar-refractivity contribution is 0.128. The van der Waals surface area contributed by atoms with Gasteiger partial charge in [-0.15, -0.1) is 0 Å². The van der Waals surface area contributed by atoms with Gasteiger partial charge in [0.25, 0.3) is 0 Å². The average Bonchev–Trinajstić information content (AvgIpc) is 2.00. The zero-order valence-corrected chi connectivity index (χ0v) is 8.89. The van der Waals surface area contributed by atoms with Gasteiger partial charge in [-0.05, 0) is 44.1 Å². The van der Waals surface area contributed by atoms with Gasteiger partial charge in [-0.25, -0.2) is 4.39 Å². The fourth-order valence-corrected chi connectivity index (χ4v) is 2.09. The fraction of sp³-hybridized carbons (Fsp3) is 0.455. The van der Waals surface area contributed by atoms with E-state index in [-0.39, 0.29) is 5.82 Å². The van der Waals surface area contributed by atoms with Crippen molar-refractivity contribution in [2.75, 3.05) is 13.1 Å². The first kappa shape index (κ1) is 9.94. The molecule has 2 rings (SSSR count). The second kappa shape index (κ2) is 3.87. The normalized spacial score (nSPS) is 19.1. The molecule has 0 amide bonds. The Labute approximate surface area is 88.5 Å². The van der Waals surface area contributed by atoms with Crippen LogP contribution in [0.5, 0.6) is 0 Å². The summed E-state index contributed by atoms with van der Waals surface area (Å²) in [5.74, 6) is -0.269. The van der Waals surface area contributed by atoms with Gasteiger partial charge >= 0.3 is 0 Å². The largest absolute Gasteiger partial charge is 0.296 e. The number of rotatable bonds is 2. The standard InChI is InChI=1S/C11H13ClFN/c1-8(14-5-2-6-14)10-4-3-9(13)7-11(10)12/h3-4,7-8H,2,5-6H2,1H3. The zero-order valence-electron chi connectivity index (χ0n) is 8.13. The maximum absolute atomic E-state index is 12.8. The molecule has 1 heterocycles. The lowest BCUT2D eigenvalue weighted by atomic mass is 10.0. The maximum Gasteiger partial charge on any atom is 0.124 e. The van der Waals surface area contributed by atoms with Gasteiger partial charge in [0.15, 0.2) is 0 Å². The smallest absolute Gasteiger partial charge is 0.124 e. The second-order valence-electron chi connectivity index (χ2n) is 3.73. The topological polar surface area (TPSA) is 3.24 Å². The van der Waals surface area contributed by atoms with Crippen LogP contribution in [0, 0.1) is 5.82 Å². The Morgan fingerprint density at radius 1 is 1.43 bits per heavy atom. The van der Waals surface area contributed by atoms with Gasteiger partial charge in [-0.3, -0.25) is 4.90 Å². The van der Waals surface area contributed by atoms with Crippen LogP contribution in [0.4, 0.5) is 4.39 Å². The first-order chi connectivity index (χ1) is 6.68. The van der Waals surface area contributed by atoms with E-state index in [0.29, 0.717) is 11.1 Å². The summed E-state index contributed by atoms with van der Waals surface area (Å²) in [6, 6.07) is 4.93. The first-order valence-corrected chi connectivity index (χ1v) is 5.25. The molecule has 1 unspecified atom stereocenters. The van der Waals surface area contributed by atoms with Gasteiger partial charge in [-0.2, -0.15) is 0 Å². The average molecular weight is 214 g/mol. The highest BCUT2D eigenvalue weighted by Gasteiger charge is 2.22. The van der Waals surface area contributed by atoms with Crippen LogP contribution in [0.3, 0.4) is 0 Å². The highest BCUT2D eigenvalue weighted by atomic mass is 35.5. The molecule has 1 nitrogen and oxygen atoms in total. The summed E-state index contributed by atoms with van der Waals surface area (Å²) in [6.07, 6.45) is 1.25. The minimum Gasteiger partial charge on any atom is -0.296 e. The SMILES string of the molecule is CC(c1ccc(F)cc1Cl)N1CCC1. The van der Waals surface area contributed by atoms with E-state index in [0.717, 1.165) is 18.7 Å². The van der Waals surface area contributed by atoms with E-state index in [2.05, 4.69) is 11.8 Å². The highest BCUT2D eigenvalue weighted by Crippen LogP contribution is 2.30. The molecule has 1 aliphatic rings. The van der Waals surface area contributed by atoms with Gasteiger partial charge in [0.2, 0.25) is 0 Å². The number of hydrogen-bond donors (Lipinski definition) is 0. The van der Waals surface area contributed by atoms with Crippen molar-refractivity contribution in [3.8, 4) is 0 Å². The number of hydrogen-bond acceptors (Lipinski definition) is 1. The van der Waals surface area contributed by atoms with Crippen LogP contribution >= 0.6 is 11.6 Å². The van der Waals surface area contributed by atoms with Gasteiger partial charge in [0.05, 0.1) is 0 Å². The van der Waals surface area contributed by atoms with Crippen molar-refractivity contribution in [1.82, 2.24) is 4.90 Å². The Bertz CT molecular complexity index is 336. The van der Waals surface area contributed by atoms with Crippen LogP contribution in [0.15, 0.2) is 18.2 Å². The van der Waals surface area contributed by atoms with Crippen LogP contribution < -0.4 is 0 Å². The predicted molar refractivity (Wildman–Crippen MR) is 56.0 cm³/mol. The van der Waals surface area contributed by atoms with E-state index < -0.39 is 0 Å². The van der Waals surface area contributed by atoms with E-state index in [9.17, 15) is 4.39 Å². The van der Waals surface area contributed by atoms with Crippen LogP contribution in [-0.2, 0) is 0 Å². The predicted octanol–water partition coefficient (Wildman–Crippen LogP) is 3.25. The molecule has 1 saturated heterocycles. The molecule has 1 fully saturated rings. The zero-order chi connectivity index (χ0) is 10.1. The van der Waals surface area contributed by atoms with Crippen molar-refractivity contribution in [3.05, 3.63) is 34.6 Å². The molecule has 0 aromatic heterocycles. The van der Waals surface area contributed by atoms with Gasteiger partial charge in [-0.1, -0.05) is 17.7 Å². The van der Waals surface area contributed by atoms with Crippen LogP contribution in [0.25, 0.3) is 0 Å². The molecule has 0 N–H and O–H groups in total. The Balaban J connectivity index is 2.22. The Hall–Kier alpha value is -0.600. The molecule has 0 aliphatic carbocycles. The summed E-state index contributed by atoms with van der Waals surface area (Å²) in [7, 11) is 0. The number of benzene rings is 1. The molecule has 76 valence electrons. The van der Waals surface area contributed by atoms with E-state index in [1.54, 1.807) is 6.07 Å². The Morgan fingerprint density at radius 2 is 2.14 bits per heavy atom. The van der Waals surface area contributed by atoms with E-state index in [1.807, 2.05) is 0 Å². The summed E-state index contributed by atoms with van der Waals surface area (Å²) in [5, 5.41) is 0.532. The Kier molecular flexibility index (Phi) is 2.75. The maximum atomic E-state index is 12.8. The van der Waals surface area contributed by atoms with Crippen molar-refractivity contribution in [2.45, 2.75) is 19.4 Å². The van der Waals surface area contributed by atoms with Crippen LogP contribution in [0.1, 0.15) is 24.9 Å². The molecule has 0 radical (unpaired) electrons. The summed E-state index contributed by atoms with van der Waals surface area (Å²) in [6.45, 7) is 4.35. The molecule has 3 heteroatoms. The summed E-state index contributed by atoms with van der Waals surface area (Å²) < 4.78 is 12.8. The monoisotopic (exact) mass is 213 g/mol. The van der Waals surface area contributed by atoms with Crippen molar-refractivity contribution < 1.29 is 4.39 Å². The fourth-order valence-electron chi connectivity index (χ4n) is 1.76. The summed E-state index contributed by atoms with van der Waals surface area (Å²) >= 11 is 5.98. The number of halogens is 2. The number of nitrogens with zero attached hydrogens (tertiary/aromatic N) is 1. The second-order valence-corrected chi connectivity index (χ2v) is 4.14. The number of likely N-dealkylation sites (tertiary alicyclic amines) is 1. The molecule has 0 saturated carbocycles. The lowest BCUT2D eigenvalue weighted by Crippen LogP contribution is -2.39. The molecule has 1 aliphatic heterocycles. The highest BCUT2D eigenvalue weighted by molar-refractivity contribution is 6.31.